The Hall–Kier alpha value is -2.96. The smallest absolute Gasteiger partial charge is 0.127 e. The second kappa shape index (κ2) is 9.12. The molecule has 1 fully saturated rings. The maximum atomic E-state index is 10.7. The van der Waals surface area contributed by atoms with E-state index < -0.39 is 5.41 Å². The predicted molar refractivity (Wildman–Crippen MR) is 136 cm³/mol. The molecule has 0 spiro atoms. The number of aromatic hydroxyl groups is 2. The van der Waals surface area contributed by atoms with Crippen LogP contribution >= 0.6 is 15.9 Å². The first-order valence-electron chi connectivity index (χ1n) is 10.9. The Morgan fingerprint density at radius 3 is 2.36 bits per heavy atom. The van der Waals surface area contributed by atoms with E-state index in [1.54, 1.807) is 25.3 Å². The topological polar surface area (TPSA) is 65.0 Å². The summed E-state index contributed by atoms with van der Waals surface area (Å²) >= 11 is 3.52. The molecule has 0 aromatic heterocycles. The number of nitrogens with zero attached hydrogens (tertiary/aromatic N) is 1. The van der Waals surface area contributed by atoms with E-state index in [2.05, 4.69) is 45.1 Å². The van der Waals surface area contributed by atoms with Crippen molar-refractivity contribution >= 4 is 21.6 Å². The van der Waals surface area contributed by atoms with Crippen molar-refractivity contribution in [2.24, 2.45) is 0 Å². The Labute approximate surface area is 203 Å². The van der Waals surface area contributed by atoms with Gasteiger partial charge in [-0.1, -0.05) is 48.0 Å². The van der Waals surface area contributed by atoms with Gasteiger partial charge in [0, 0.05) is 27.1 Å². The van der Waals surface area contributed by atoms with E-state index in [0.717, 1.165) is 33.3 Å². The number of anilines is 1. The van der Waals surface area contributed by atoms with Gasteiger partial charge in [-0.05, 0) is 54.4 Å². The fourth-order valence-electron chi connectivity index (χ4n) is 4.33. The van der Waals surface area contributed by atoms with E-state index in [-0.39, 0.29) is 23.6 Å². The first-order chi connectivity index (χ1) is 15.7. The molecule has 1 aliphatic rings. The third kappa shape index (κ3) is 4.59. The number of phenols is 2. The van der Waals surface area contributed by atoms with Crippen LogP contribution in [0.3, 0.4) is 0 Å². The fraction of sp³-hybridized carbons (Fsp3) is 0.259. The van der Waals surface area contributed by atoms with Gasteiger partial charge in [-0.25, -0.2) is 5.43 Å². The van der Waals surface area contributed by atoms with Crippen LogP contribution in [0.15, 0.2) is 77.8 Å². The highest BCUT2D eigenvalue weighted by Crippen LogP contribution is 2.46. The van der Waals surface area contributed by atoms with Gasteiger partial charge >= 0.3 is 0 Å². The van der Waals surface area contributed by atoms with Crippen LogP contribution in [0.2, 0.25) is 0 Å². The molecule has 0 aliphatic carbocycles. The molecule has 0 saturated carbocycles. The van der Waals surface area contributed by atoms with Crippen LogP contribution < -0.4 is 15.2 Å². The van der Waals surface area contributed by atoms with Crippen molar-refractivity contribution < 1.29 is 14.9 Å². The Morgan fingerprint density at radius 2 is 1.76 bits per heavy atom. The highest BCUT2D eigenvalue weighted by molar-refractivity contribution is 9.10. The number of halogens is 1. The molecular weight excluding hydrogens is 480 g/mol. The predicted octanol–water partition coefficient (Wildman–Crippen LogP) is 6.53. The number of rotatable bonds is 6. The van der Waals surface area contributed by atoms with Crippen LogP contribution in [0.25, 0.3) is 0 Å². The Morgan fingerprint density at radius 1 is 1.09 bits per heavy atom. The average molecular weight is 509 g/mol. The monoisotopic (exact) mass is 508 g/mol. The summed E-state index contributed by atoms with van der Waals surface area (Å²) in [4.78, 5) is 0. The lowest BCUT2D eigenvalue weighted by atomic mass is 9.82. The summed E-state index contributed by atoms with van der Waals surface area (Å²) in [5.74, 6) is 1.07. The molecule has 3 aromatic carbocycles. The molecule has 1 aliphatic heterocycles. The third-order valence-corrected chi connectivity index (χ3v) is 6.91. The number of methoxy groups -OCH3 is 1. The van der Waals surface area contributed by atoms with Crippen molar-refractivity contribution in [2.75, 3.05) is 12.1 Å². The van der Waals surface area contributed by atoms with Gasteiger partial charge in [0.05, 0.1) is 24.9 Å². The van der Waals surface area contributed by atoms with Crippen molar-refractivity contribution in [1.29, 1.82) is 0 Å². The van der Waals surface area contributed by atoms with Crippen LogP contribution in [0.1, 0.15) is 49.0 Å². The van der Waals surface area contributed by atoms with Crippen molar-refractivity contribution in [1.82, 2.24) is 5.43 Å². The molecule has 1 saturated heterocycles. The van der Waals surface area contributed by atoms with Gasteiger partial charge in [-0.2, -0.15) is 0 Å². The Balaban J connectivity index is 1.83. The maximum Gasteiger partial charge on any atom is 0.127 e. The lowest BCUT2D eigenvalue weighted by Crippen LogP contribution is -2.34. The Bertz CT molecular complexity index is 1140. The number of hydrazine groups is 1. The summed E-state index contributed by atoms with van der Waals surface area (Å²) in [6.45, 7) is 8.02. The van der Waals surface area contributed by atoms with Crippen LogP contribution in [0, 0.1) is 0 Å². The van der Waals surface area contributed by atoms with Gasteiger partial charge < -0.3 is 20.0 Å². The number of nitrogens with one attached hydrogen (secondary N) is 1. The van der Waals surface area contributed by atoms with E-state index in [1.807, 2.05) is 50.3 Å². The molecule has 3 aromatic rings. The van der Waals surface area contributed by atoms with Gasteiger partial charge in [0.25, 0.3) is 0 Å². The average Bonchev–Trinajstić information content (AvgIpc) is 3.24. The molecule has 33 heavy (non-hydrogen) atoms. The molecule has 5 nitrogen and oxygen atoms in total. The Kier molecular flexibility index (Phi) is 6.41. The molecule has 3 N–H and O–H groups in total. The second-order valence-electron chi connectivity index (χ2n) is 8.91. The van der Waals surface area contributed by atoms with Gasteiger partial charge in [-0.15, -0.1) is 6.58 Å². The van der Waals surface area contributed by atoms with Crippen LogP contribution in [-0.4, -0.2) is 17.3 Å². The SMILES string of the molecule is C=CC(C)(C)c1cc(C2CC(c3ccc(O)cc3)NN2c2ccc(Br)cc2)c(OC)cc1O. The number of benzene rings is 3. The summed E-state index contributed by atoms with van der Waals surface area (Å²) in [5.41, 5.74) is 7.13. The molecule has 4 rings (SSSR count). The number of hydrogen-bond acceptors (Lipinski definition) is 5. The van der Waals surface area contributed by atoms with Crippen molar-refractivity contribution in [3.05, 3.63) is 94.5 Å². The molecule has 2 unspecified atom stereocenters. The highest BCUT2D eigenvalue weighted by Gasteiger charge is 2.37. The van der Waals surface area contributed by atoms with Crippen molar-refractivity contribution in [2.45, 2.75) is 37.8 Å². The summed E-state index contributed by atoms with van der Waals surface area (Å²) in [7, 11) is 1.63. The first kappa shape index (κ1) is 23.2. The zero-order valence-corrected chi connectivity index (χ0v) is 20.6. The second-order valence-corrected chi connectivity index (χ2v) is 9.82. The van der Waals surface area contributed by atoms with E-state index in [0.29, 0.717) is 5.75 Å². The van der Waals surface area contributed by atoms with Gasteiger partial charge in [0.1, 0.15) is 17.2 Å². The van der Waals surface area contributed by atoms with Crippen LogP contribution in [0.4, 0.5) is 5.69 Å². The number of ether oxygens (including phenoxy) is 1. The molecule has 0 amide bonds. The fourth-order valence-corrected chi connectivity index (χ4v) is 4.59. The maximum absolute atomic E-state index is 10.7. The molecule has 6 heteroatoms. The molecule has 2 atom stereocenters. The number of phenolic OH excluding ortho intramolecular Hbond substituents is 2. The van der Waals surface area contributed by atoms with E-state index in [4.69, 9.17) is 4.74 Å². The number of hydrogen-bond donors (Lipinski definition) is 3. The van der Waals surface area contributed by atoms with Crippen molar-refractivity contribution in [3.8, 4) is 17.2 Å². The normalized spacial score (nSPS) is 18.4. The molecule has 1 heterocycles. The van der Waals surface area contributed by atoms with Gasteiger partial charge in [0.15, 0.2) is 0 Å². The quantitative estimate of drug-likeness (QED) is 0.330. The minimum Gasteiger partial charge on any atom is -0.508 e. The zero-order chi connectivity index (χ0) is 23.8. The van der Waals surface area contributed by atoms with E-state index in [1.165, 1.54) is 0 Å². The largest absolute Gasteiger partial charge is 0.508 e. The van der Waals surface area contributed by atoms with Crippen molar-refractivity contribution in [3.63, 3.8) is 0 Å². The summed E-state index contributed by atoms with van der Waals surface area (Å²) in [6, 6.07) is 19.2. The lowest BCUT2D eigenvalue weighted by Gasteiger charge is -2.30. The third-order valence-electron chi connectivity index (χ3n) is 6.38. The molecular formula is C27H29BrN2O3. The minimum absolute atomic E-state index is 0.0358. The van der Waals surface area contributed by atoms with Crippen LogP contribution in [0.5, 0.6) is 17.2 Å². The van der Waals surface area contributed by atoms with E-state index >= 15 is 0 Å². The van der Waals surface area contributed by atoms with Gasteiger partial charge in [0.2, 0.25) is 0 Å². The van der Waals surface area contributed by atoms with Crippen LogP contribution in [-0.2, 0) is 5.41 Å². The summed E-state index contributed by atoms with van der Waals surface area (Å²) in [6.07, 6.45) is 2.62. The molecule has 172 valence electrons. The molecule has 0 radical (unpaired) electrons. The van der Waals surface area contributed by atoms with Gasteiger partial charge in [-0.3, -0.25) is 0 Å². The van der Waals surface area contributed by atoms with E-state index in [9.17, 15) is 10.2 Å². The minimum atomic E-state index is -0.407. The highest BCUT2D eigenvalue weighted by atomic mass is 79.9. The summed E-state index contributed by atoms with van der Waals surface area (Å²) in [5, 5.41) is 22.6. The number of allylic oxidation sites excluding steroid dienone is 1. The zero-order valence-electron chi connectivity index (χ0n) is 19.0. The first-order valence-corrected chi connectivity index (χ1v) is 11.7. The summed E-state index contributed by atoms with van der Waals surface area (Å²) < 4.78 is 6.73. The molecule has 0 bridgehead atoms. The standard InChI is InChI=1S/C27H29BrN2O3/c1-5-27(2,3)22-14-21(26(33-4)16-25(22)32)24-15-23(17-6-12-20(31)13-7-17)29-30(24)19-10-8-18(28)9-11-19/h5-14,16,23-24,29,31-32H,1,15H2,2-4H3. The lowest BCUT2D eigenvalue weighted by molar-refractivity contribution is 0.395.